The zero-order chi connectivity index (χ0) is 15.9. The SMILES string of the molecule is CCOc1ccc(C(=O)N[C@@H](C)c2cccc(OC)c2)cc1. The number of carbonyl (C=O) groups is 1. The minimum Gasteiger partial charge on any atom is -0.497 e. The fourth-order valence-corrected chi connectivity index (χ4v) is 2.14. The summed E-state index contributed by atoms with van der Waals surface area (Å²) in [5, 5.41) is 2.98. The van der Waals surface area contributed by atoms with Crippen LogP contribution in [0.15, 0.2) is 48.5 Å². The molecule has 1 amide bonds. The normalized spacial score (nSPS) is 11.6. The van der Waals surface area contributed by atoms with Gasteiger partial charge in [0, 0.05) is 5.56 Å². The van der Waals surface area contributed by atoms with Crippen LogP contribution in [-0.2, 0) is 0 Å². The quantitative estimate of drug-likeness (QED) is 0.887. The molecule has 0 radical (unpaired) electrons. The van der Waals surface area contributed by atoms with Crippen LogP contribution in [-0.4, -0.2) is 19.6 Å². The van der Waals surface area contributed by atoms with Crippen molar-refractivity contribution < 1.29 is 14.3 Å². The van der Waals surface area contributed by atoms with Gasteiger partial charge in [0.1, 0.15) is 11.5 Å². The van der Waals surface area contributed by atoms with Gasteiger partial charge in [0.2, 0.25) is 0 Å². The number of ether oxygens (including phenoxy) is 2. The molecule has 0 aromatic heterocycles. The summed E-state index contributed by atoms with van der Waals surface area (Å²) < 4.78 is 10.6. The fourth-order valence-electron chi connectivity index (χ4n) is 2.14. The summed E-state index contributed by atoms with van der Waals surface area (Å²) in [6.45, 7) is 4.48. The predicted molar refractivity (Wildman–Crippen MR) is 86.5 cm³/mol. The van der Waals surface area contributed by atoms with E-state index in [4.69, 9.17) is 9.47 Å². The third-order valence-corrected chi connectivity index (χ3v) is 3.37. The smallest absolute Gasteiger partial charge is 0.251 e. The molecule has 0 aliphatic heterocycles. The first kappa shape index (κ1) is 15.9. The van der Waals surface area contributed by atoms with Crippen molar-refractivity contribution in [2.45, 2.75) is 19.9 Å². The molecule has 4 heteroatoms. The summed E-state index contributed by atoms with van der Waals surface area (Å²) in [5.74, 6) is 1.43. The van der Waals surface area contributed by atoms with E-state index in [0.717, 1.165) is 17.1 Å². The topological polar surface area (TPSA) is 47.6 Å². The average molecular weight is 299 g/mol. The van der Waals surface area contributed by atoms with Crippen molar-refractivity contribution in [3.05, 3.63) is 59.7 Å². The van der Waals surface area contributed by atoms with Gasteiger partial charge < -0.3 is 14.8 Å². The summed E-state index contributed by atoms with van der Waals surface area (Å²) >= 11 is 0. The molecule has 0 saturated carbocycles. The van der Waals surface area contributed by atoms with Crippen molar-refractivity contribution in [3.63, 3.8) is 0 Å². The number of hydrogen-bond acceptors (Lipinski definition) is 3. The molecule has 0 fully saturated rings. The van der Waals surface area contributed by atoms with Crippen molar-refractivity contribution >= 4 is 5.91 Å². The van der Waals surface area contributed by atoms with Crippen molar-refractivity contribution in [1.29, 1.82) is 0 Å². The molecule has 0 unspecified atom stereocenters. The maximum Gasteiger partial charge on any atom is 0.251 e. The van der Waals surface area contributed by atoms with E-state index in [9.17, 15) is 4.79 Å². The maximum absolute atomic E-state index is 12.3. The van der Waals surface area contributed by atoms with Gasteiger partial charge in [-0.25, -0.2) is 0 Å². The second kappa shape index (κ2) is 7.50. The molecule has 22 heavy (non-hydrogen) atoms. The van der Waals surface area contributed by atoms with E-state index in [-0.39, 0.29) is 11.9 Å². The number of amides is 1. The molecular weight excluding hydrogens is 278 g/mol. The zero-order valence-electron chi connectivity index (χ0n) is 13.1. The molecule has 0 bridgehead atoms. The maximum atomic E-state index is 12.3. The molecule has 2 aromatic rings. The highest BCUT2D eigenvalue weighted by atomic mass is 16.5. The van der Waals surface area contributed by atoms with E-state index >= 15 is 0 Å². The first-order chi connectivity index (χ1) is 10.6. The molecule has 2 rings (SSSR count). The Hall–Kier alpha value is -2.49. The molecule has 0 heterocycles. The standard InChI is InChI=1S/C18H21NO3/c1-4-22-16-10-8-14(9-11-16)18(20)19-13(2)15-6-5-7-17(12-15)21-3/h5-13H,4H2,1-3H3,(H,19,20)/t13-/m0/s1. The van der Waals surface area contributed by atoms with Crippen LogP contribution in [0.1, 0.15) is 35.8 Å². The number of methoxy groups -OCH3 is 1. The monoisotopic (exact) mass is 299 g/mol. The Labute approximate surface area is 131 Å². The van der Waals surface area contributed by atoms with Gasteiger partial charge in [-0.3, -0.25) is 4.79 Å². The number of benzene rings is 2. The molecule has 2 aromatic carbocycles. The second-order valence-corrected chi connectivity index (χ2v) is 4.93. The van der Waals surface area contributed by atoms with E-state index < -0.39 is 0 Å². The molecule has 4 nitrogen and oxygen atoms in total. The lowest BCUT2D eigenvalue weighted by Gasteiger charge is -2.15. The molecule has 0 aliphatic carbocycles. The largest absolute Gasteiger partial charge is 0.497 e. The third-order valence-electron chi connectivity index (χ3n) is 3.37. The van der Waals surface area contributed by atoms with Gasteiger partial charge in [-0.15, -0.1) is 0 Å². The Morgan fingerprint density at radius 1 is 1.14 bits per heavy atom. The summed E-state index contributed by atoms with van der Waals surface area (Å²) in [6, 6.07) is 14.7. The number of hydrogen-bond donors (Lipinski definition) is 1. The van der Waals surface area contributed by atoms with Crippen molar-refractivity contribution in [1.82, 2.24) is 5.32 Å². The lowest BCUT2D eigenvalue weighted by Crippen LogP contribution is -2.26. The molecule has 1 atom stereocenters. The van der Waals surface area contributed by atoms with Crippen LogP contribution in [0.3, 0.4) is 0 Å². The van der Waals surface area contributed by atoms with E-state index in [1.807, 2.05) is 38.1 Å². The van der Waals surface area contributed by atoms with E-state index in [2.05, 4.69) is 5.32 Å². The minimum absolute atomic E-state index is 0.103. The Kier molecular flexibility index (Phi) is 5.42. The highest BCUT2D eigenvalue weighted by molar-refractivity contribution is 5.94. The van der Waals surface area contributed by atoms with Crippen LogP contribution < -0.4 is 14.8 Å². The predicted octanol–water partition coefficient (Wildman–Crippen LogP) is 3.58. The van der Waals surface area contributed by atoms with Crippen LogP contribution in [0, 0.1) is 0 Å². The third kappa shape index (κ3) is 4.01. The minimum atomic E-state index is -0.113. The zero-order valence-corrected chi connectivity index (χ0v) is 13.1. The molecule has 0 saturated heterocycles. The molecule has 1 N–H and O–H groups in total. The van der Waals surface area contributed by atoms with Gasteiger partial charge in [-0.05, 0) is 55.8 Å². The van der Waals surface area contributed by atoms with Crippen molar-refractivity contribution in [2.75, 3.05) is 13.7 Å². The highest BCUT2D eigenvalue weighted by Crippen LogP contribution is 2.19. The summed E-state index contributed by atoms with van der Waals surface area (Å²) in [7, 11) is 1.63. The molecule has 116 valence electrons. The lowest BCUT2D eigenvalue weighted by molar-refractivity contribution is 0.0940. The van der Waals surface area contributed by atoms with Crippen molar-refractivity contribution in [3.8, 4) is 11.5 Å². The van der Waals surface area contributed by atoms with Gasteiger partial charge >= 0.3 is 0 Å². The van der Waals surface area contributed by atoms with Gasteiger partial charge in [0.25, 0.3) is 5.91 Å². The summed E-state index contributed by atoms with van der Waals surface area (Å²) in [4.78, 5) is 12.3. The molecular formula is C18H21NO3. The summed E-state index contributed by atoms with van der Waals surface area (Å²) in [6.07, 6.45) is 0. The Morgan fingerprint density at radius 2 is 1.86 bits per heavy atom. The lowest BCUT2D eigenvalue weighted by atomic mass is 10.1. The van der Waals surface area contributed by atoms with Crippen LogP contribution >= 0.6 is 0 Å². The van der Waals surface area contributed by atoms with Crippen LogP contribution in [0.25, 0.3) is 0 Å². The van der Waals surface area contributed by atoms with Gasteiger partial charge in [-0.2, -0.15) is 0 Å². The first-order valence-corrected chi connectivity index (χ1v) is 7.31. The Bertz CT molecular complexity index is 622. The van der Waals surface area contributed by atoms with Gasteiger partial charge in [0.15, 0.2) is 0 Å². The molecule has 0 aliphatic rings. The fraction of sp³-hybridized carbons (Fsp3) is 0.278. The second-order valence-electron chi connectivity index (χ2n) is 4.93. The average Bonchev–Trinajstić information content (AvgIpc) is 2.55. The Morgan fingerprint density at radius 3 is 2.50 bits per heavy atom. The van der Waals surface area contributed by atoms with Gasteiger partial charge in [0.05, 0.1) is 19.8 Å². The Balaban J connectivity index is 2.03. The summed E-state index contributed by atoms with van der Waals surface area (Å²) in [5.41, 5.74) is 1.61. The van der Waals surface area contributed by atoms with E-state index in [1.165, 1.54) is 0 Å². The number of nitrogens with one attached hydrogen (secondary N) is 1. The molecule has 0 spiro atoms. The van der Waals surface area contributed by atoms with Crippen LogP contribution in [0.2, 0.25) is 0 Å². The van der Waals surface area contributed by atoms with Crippen LogP contribution in [0.5, 0.6) is 11.5 Å². The van der Waals surface area contributed by atoms with Crippen LogP contribution in [0.4, 0.5) is 0 Å². The van der Waals surface area contributed by atoms with Crippen molar-refractivity contribution in [2.24, 2.45) is 0 Å². The van der Waals surface area contributed by atoms with Gasteiger partial charge in [-0.1, -0.05) is 12.1 Å². The highest BCUT2D eigenvalue weighted by Gasteiger charge is 2.12. The number of rotatable bonds is 6. The number of carbonyl (C=O) groups excluding carboxylic acids is 1. The first-order valence-electron chi connectivity index (χ1n) is 7.31. The van der Waals surface area contributed by atoms with E-state index in [0.29, 0.717) is 12.2 Å². The van der Waals surface area contributed by atoms with E-state index in [1.54, 1.807) is 31.4 Å².